The van der Waals surface area contributed by atoms with E-state index in [1.807, 2.05) is 37.3 Å². The number of hydrogen-bond acceptors (Lipinski definition) is 5. The first-order valence-corrected chi connectivity index (χ1v) is 13.2. The summed E-state index contributed by atoms with van der Waals surface area (Å²) in [7, 11) is 0. The van der Waals surface area contributed by atoms with E-state index in [0.29, 0.717) is 33.8 Å². The number of benzene rings is 4. The second-order valence-corrected chi connectivity index (χ2v) is 9.83. The number of nitrogens with one attached hydrogen (secondary N) is 1. The second-order valence-electron chi connectivity index (χ2n) is 8.67. The van der Waals surface area contributed by atoms with Crippen LogP contribution in [-0.4, -0.2) is 24.5 Å². The molecule has 1 heterocycles. The van der Waals surface area contributed by atoms with E-state index in [4.69, 9.17) is 9.47 Å². The van der Waals surface area contributed by atoms with E-state index < -0.39 is 23.7 Å². The number of hydrogen-bond donors (Lipinski definition) is 1. The molecule has 0 atom stereocenters. The zero-order chi connectivity index (χ0) is 27.5. The van der Waals surface area contributed by atoms with Gasteiger partial charge >= 0.3 is 6.03 Å². The highest BCUT2D eigenvalue weighted by Gasteiger charge is 2.36. The van der Waals surface area contributed by atoms with Crippen LogP contribution in [0.4, 0.5) is 14.9 Å². The van der Waals surface area contributed by atoms with Gasteiger partial charge in [0.2, 0.25) is 0 Å². The number of halogens is 2. The van der Waals surface area contributed by atoms with Crippen LogP contribution in [0.25, 0.3) is 16.8 Å². The van der Waals surface area contributed by atoms with E-state index in [-0.39, 0.29) is 11.3 Å². The highest BCUT2D eigenvalue weighted by Crippen LogP contribution is 2.36. The molecule has 1 aliphatic rings. The first-order chi connectivity index (χ1) is 18.8. The Morgan fingerprint density at radius 1 is 0.923 bits per heavy atom. The van der Waals surface area contributed by atoms with Crippen molar-refractivity contribution in [3.63, 3.8) is 0 Å². The fraction of sp³-hybridized carbons (Fsp3) is 0.100. The molecule has 1 saturated heterocycles. The average Bonchev–Trinajstić information content (AvgIpc) is 2.91. The third-order valence-corrected chi connectivity index (χ3v) is 6.83. The van der Waals surface area contributed by atoms with Crippen LogP contribution in [0.5, 0.6) is 11.5 Å². The molecule has 1 N–H and O–H groups in total. The molecular weight excluding hydrogens is 614 g/mol. The topological polar surface area (TPSA) is 84.9 Å². The Bertz CT molecular complexity index is 1630. The van der Waals surface area contributed by atoms with Crippen LogP contribution in [0.1, 0.15) is 18.1 Å². The maximum atomic E-state index is 13.4. The number of imide groups is 2. The van der Waals surface area contributed by atoms with Crippen molar-refractivity contribution < 1.29 is 28.2 Å². The maximum absolute atomic E-state index is 13.4. The number of anilines is 1. The van der Waals surface area contributed by atoms with Gasteiger partial charge in [-0.1, -0.05) is 36.4 Å². The fourth-order valence-corrected chi connectivity index (χ4v) is 4.99. The van der Waals surface area contributed by atoms with Crippen LogP contribution in [0.15, 0.2) is 84.4 Å². The quantitative estimate of drug-likeness (QED) is 0.148. The molecule has 9 heteroatoms. The Balaban J connectivity index is 1.43. The minimum absolute atomic E-state index is 0.138. The Kier molecular flexibility index (Phi) is 7.60. The molecule has 0 radical (unpaired) electrons. The summed E-state index contributed by atoms with van der Waals surface area (Å²) in [6.07, 6.45) is 1.39. The molecule has 0 spiro atoms. The molecule has 196 valence electrons. The molecule has 5 rings (SSSR count). The van der Waals surface area contributed by atoms with Gasteiger partial charge in [-0.25, -0.2) is 14.1 Å². The molecule has 4 amide bonds. The molecule has 4 aromatic carbocycles. The molecule has 39 heavy (non-hydrogen) atoms. The molecule has 4 aromatic rings. The van der Waals surface area contributed by atoms with Crippen molar-refractivity contribution in [1.29, 1.82) is 0 Å². The number of fused-ring (bicyclic) bond motifs is 1. The molecule has 7 nitrogen and oxygen atoms in total. The molecule has 0 saturated carbocycles. The van der Waals surface area contributed by atoms with Crippen molar-refractivity contribution in [1.82, 2.24) is 5.32 Å². The minimum atomic E-state index is -0.907. The van der Waals surface area contributed by atoms with Crippen molar-refractivity contribution in [2.75, 3.05) is 11.5 Å². The lowest BCUT2D eigenvalue weighted by Gasteiger charge is -2.26. The summed E-state index contributed by atoms with van der Waals surface area (Å²) in [5, 5.41) is 4.42. The molecule has 1 aliphatic heterocycles. The summed E-state index contributed by atoms with van der Waals surface area (Å²) in [4.78, 5) is 39.0. The van der Waals surface area contributed by atoms with E-state index in [2.05, 4.69) is 40.0 Å². The Morgan fingerprint density at radius 2 is 1.67 bits per heavy atom. The highest BCUT2D eigenvalue weighted by molar-refractivity contribution is 14.1. The third-order valence-electron chi connectivity index (χ3n) is 6.03. The van der Waals surface area contributed by atoms with Crippen molar-refractivity contribution in [3.8, 4) is 11.5 Å². The summed E-state index contributed by atoms with van der Waals surface area (Å²) < 4.78 is 26.1. The van der Waals surface area contributed by atoms with Gasteiger partial charge in [0, 0.05) is 0 Å². The Labute approximate surface area is 237 Å². The number of carbonyl (C=O) groups is 3. The lowest BCUT2D eigenvalue weighted by atomic mass is 10.1. The van der Waals surface area contributed by atoms with Crippen molar-refractivity contribution >= 4 is 63.0 Å². The van der Waals surface area contributed by atoms with Crippen LogP contribution in [0, 0.1) is 9.39 Å². The number of urea groups is 1. The lowest BCUT2D eigenvalue weighted by molar-refractivity contribution is -0.122. The maximum Gasteiger partial charge on any atom is 0.335 e. The molecular formula is C30H22FIN2O5. The number of rotatable bonds is 7. The molecule has 1 fully saturated rings. The van der Waals surface area contributed by atoms with Gasteiger partial charge in [-0.2, -0.15) is 0 Å². The number of carbonyl (C=O) groups excluding carboxylic acids is 3. The summed E-state index contributed by atoms with van der Waals surface area (Å²) in [6, 6.07) is 21.6. The van der Waals surface area contributed by atoms with Crippen molar-refractivity contribution in [3.05, 3.63) is 105 Å². The second kappa shape index (κ2) is 11.2. The Hall–Kier alpha value is -4.25. The van der Waals surface area contributed by atoms with Gasteiger partial charge < -0.3 is 9.47 Å². The summed E-state index contributed by atoms with van der Waals surface area (Å²) in [5.41, 5.74) is 1.39. The van der Waals surface area contributed by atoms with Gasteiger partial charge in [0.25, 0.3) is 11.8 Å². The first kappa shape index (κ1) is 26.4. The highest BCUT2D eigenvalue weighted by atomic mass is 127. The molecule has 0 aromatic heterocycles. The number of amides is 4. The molecule has 0 aliphatic carbocycles. The van der Waals surface area contributed by atoms with Gasteiger partial charge in [0.1, 0.15) is 18.0 Å². The van der Waals surface area contributed by atoms with Gasteiger partial charge in [-0.3, -0.25) is 14.9 Å². The van der Waals surface area contributed by atoms with E-state index in [1.54, 1.807) is 12.1 Å². The first-order valence-electron chi connectivity index (χ1n) is 12.1. The van der Waals surface area contributed by atoms with Crippen LogP contribution in [0.3, 0.4) is 0 Å². The monoisotopic (exact) mass is 636 g/mol. The number of barbiturate groups is 1. The number of nitrogens with zero attached hydrogens (tertiary/aromatic N) is 1. The van der Waals surface area contributed by atoms with Gasteiger partial charge in [0.15, 0.2) is 11.5 Å². The minimum Gasteiger partial charge on any atom is -0.490 e. The third kappa shape index (κ3) is 5.63. The average molecular weight is 636 g/mol. The SMILES string of the molecule is CCOc1cc(/C=C2\C(=O)NC(=O)N(c3ccc(F)cc3)C2=O)cc(I)c1OCc1ccc2ccccc2c1. The van der Waals surface area contributed by atoms with E-state index in [0.717, 1.165) is 33.4 Å². The van der Waals surface area contributed by atoms with Gasteiger partial charge in [-0.05, 0) is 100.0 Å². The summed E-state index contributed by atoms with van der Waals surface area (Å²) in [6.45, 7) is 2.53. The standard InChI is InChI=1S/C30H22FIN2O5/c1-2-38-26-16-19(14-24-28(35)33-30(37)34(29(24)36)23-11-9-22(31)10-12-23)15-25(32)27(26)39-17-18-7-8-20-5-3-4-6-21(20)13-18/h3-16H,2,17H2,1H3,(H,33,35,37)/b24-14+. The Morgan fingerprint density at radius 3 is 2.41 bits per heavy atom. The fourth-order valence-electron chi connectivity index (χ4n) is 4.21. The van der Waals surface area contributed by atoms with Crippen LogP contribution >= 0.6 is 22.6 Å². The molecule has 0 unspecified atom stereocenters. The van der Waals surface area contributed by atoms with Crippen molar-refractivity contribution in [2.24, 2.45) is 0 Å². The van der Waals surface area contributed by atoms with Gasteiger partial charge in [-0.15, -0.1) is 0 Å². The zero-order valence-corrected chi connectivity index (χ0v) is 22.9. The predicted molar refractivity (Wildman–Crippen MR) is 154 cm³/mol. The van der Waals surface area contributed by atoms with E-state index in [9.17, 15) is 18.8 Å². The summed E-state index contributed by atoms with van der Waals surface area (Å²) >= 11 is 2.11. The lowest BCUT2D eigenvalue weighted by Crippen LogP contribution is -2.54. The summed E-state index contributed by atoms with van der Waals surface area (Å²) in [5.74, 6) is -1.17. The number of ether oxygens (including phenoxy) is 2. The van der Waals surface area contributed by atoms with Crippen LogP contribution < -0.4 is 19.7 Å². The smallest absolute Gasteiger partial charge is 0.335 e. The van der Waals surface area contributed by atoms with E-state index in [1.165, 1.54) is 18.2 Å². The van der Waals surface area contributed by atoms with E-state index >= 15 is 0 Å². The van der Waals surface area contributed by atoms with Gasteiger partial charge in [0.05, 0.1) is 15.9 Å². The predicted octanol–water partition coefficient (Wildman–Crippen LogP) is 6.23. The van der Waals surface area contributed by atoms with Crippen LogP contribution in [-0.2, 0) is 16.2 Å². The molecule has 0 bridgehead atoms. The zero-order valence-electron chi connectivity index (χ0n) is 20.7. The van der Waals surface area contributed by atoms with Crippen LogP contribution in [0.2, 0.25) is 0 Å². The largest absolute Gasteiger partial charge is 0.490 e. The normalized spacial score (nSPS) is 14.6. The van der Waals surface area contributed by atoms with Crippen molar-refractivity contribution in [2.45, 2.75) is 13.5 Å².